The Bertz CT molecular complexity index is 800. The summed E-state index contributed by atoms with van der Waals surface area (Å²) in [5.74, 6) is 0.285. The smallest absolute Gasteiger partial charge is 0.269 e. The molecule has 3 rings (SSSR count). The number of nitrogens with zero attached hydrogens (tertiary/aromatic N) is 4. The van der Waals surface area contributed by atoms with Crippen molar-refractivity contribution in [1.29, 1.82) is 0 Å². The summed E-state index contributed by atoms with van der Waals surface area (Å²) >= 11 is 0. The van der Waals surface area contributed by atoms with E-state index in [4.69, 9.17) is 0 Å². The Morgan fingerprint density at radius 1 is 1.11 bits per heavy atom. The van der Waals surface area contributed by atoms with Gasteiger partial charge in [0.15, 0.2) is 0 Å². The number of anilines is 2. The van der Waals surface area contributed by atoms with Gasteiger partial charge >= 0.3 is 0 Å². The maximum atomic E-state index is 11.6. The molecule has 0 aromatic carbocycles. The third-order valence-electron chi connectivity index (χ3n) is 4.48. The van der Waals surface area contributed by atoms with E-state index in [-0.39, 0.29) is 11.8 Å². The highest BCUT2D eigenvalue weighted by atomic mass is 16.2. The Kier molecular flexibility index (Phi) is 5.97. The Morgan fingerprint density at radius 2 is 1.89 bits per heavy atom. The van der Waals surface area contributed by atoms with Gasteiger partial charge in [-0.3, -0.25) is 14.5 Å². The molecule has 1 fully saturated rings. The van der Waals surface area contributed by atoms with Crippen molar-refractivity contribution in [3.8, 4) is 0 Å². The van der Waals surface area contributed by atoms with Crippen LogP contribution in [0.25, 0.3) is 0 Å². The first kappa shape index (κ1) is 18.8. The van der Waals surface area contributed by atoms with Crippen LogP contribution >= 0.6 is 0 Å². The standard InChI is InChI=1S/C19H24N6O2/c1-14(26)23-18-11-15(5-6-21-18)13-24-7-9-25(10-8-24)16-3-4-17(22-12-16)19(27)20-2/h3-6,11-12H,7-10,13H2,1-2H3,(H,20,27)(H,21,23,26). The molecule has 0 bridgehead atoms. The molecule has 142 valence electrons. The molecule has 2 aromatic rings. The highest BCUT2D eigenvalue weighted by Crippen LogP contribution is 2.17. The molecule has 0 saturated carbocycles. The molecular weight excluding hydrogens is 344 g/mol. The van der Waals surface area contributed by atoms with Crippen LogP contribution in [0.2, 0.25) is 0 Å². The molecule has 1 aliphatic rings. The van der Waals surface area contributed by atoms with Crippen molar-refractivity contribution >= 4 is 23.3 Å². The average Bonchev–Trinajstić information content (AvgIpc) is 2.68. The minimum Gasteiger partial charge on any atom is -0.368 e. The van der Waals surface area contributed by atoms with E-state index in [1.54, 1.807) is 25.5 Å². The topological polar surface area (TPSA) is 90.5 Å². The minimum absolute atomic E-state index is 0.121. The summed E-state index contributed by atoms with van der Waals surface area (Å²) in [6, 6.07) is 7.57. The van der Waals surface area contributed by atoms with Gasteiger partial charge in [0.2, 0.25) is 5.91 Å². The van der Waals surface area contributed by atoms with Crippen LogP contribution < -0.4 is 15.5 Å². The molecule has 0 spiro atoms. The summed E-state index contributed by atoms with van der Waals surface area (Å²) in [7, 11) is 1.60. The van der Waals surface area contributed by atoms with E-state index in [1.807, 2.05) is 18.2 Å². The maximum absolute atomic E-state index is 11.6. The predicted octanol–water partition coefficient (Wildman–Crippen LogP) is 1.12. The number of hydrogen-bond donors (Lipinski definition) is 2. The van der Waals surface area contributed by atoms with Crippen LogP contribution in [0.4, 0.5) is 11.5 Å². The molecule has 3 heterocycles. The molecule has 2 aromatic heterocycles. The third-order valence-corrected chi connectivity index (χ3v) is 4.48. The number of rotatable bonds is 5. The number of hydrogen-bond acceptors (Lipinski definition) is 6. The van der Waals surface area contributed by atoms with Crippen molar-refractivity contribution in [2.75, 3.05) is 43.4 Å². The summed E-state index contributed by atoms with van der Waals surface area (Å²) in [5.41, 5.74) is 2.57. The lowest BCUT2D eigenvalue weighted by molar-refractivity contribution is -0.114. The molecular formula is C19H24N6O2. The van der Waals surface area contributed by atoms with Gasteiger partial charge in [-0.05, 0) is 29.8 Å². The first-order chi connectivity index (χ1) is 13.0. The van der Waals surface area contributed by atoms with Crippen molar-refractivity contribution in [2.24, 2.45) is 0 Å². The normalized spacial score (nSPS) is 14.7. The van der Waals surface area contributed by atoms with Crippen LogP contribution in [-0.2, 0) is 11.3 Å². The lowest BCUT2D eigenvalue weighted by Crippen LogP contribution is -2.46. The van der Waals surface area contributed by atoms with E-state index in [2.05, 4.69) is 30.4 Å². The largest absolute Gasteiger partial charge is 0.368 e. The first-order valence-corrected chi connectivity index (χ1v) is 8.93. The van der Waals surface area contributed by atoms with Crippen molar-refractivity contribution in [2.45, 2.75) is 13.5 Å². The number of aromatic nitrogens is 2. The molecule has 2 amide bonds. The molecule has 0 unspecified atom stereocenters. The fourth-order valence-corrected chi connectivity index (χ4v) is 3.08. The van der Waals surface area contributed by atoms with Gasteiger partial charge in [0.05, 0.1) is 11.9 Å². The maximum Gasteiger partial charge on any atom is 0.269 e. The van der Waals surface area contributed by atoms with E-state index in [0.717, 1.165) is 44.0 Å². The highest BCUT2D eigenvalue weighted by Gasteiger charge is 2.18. The van der Waals surface area contributed by atoms with Gasteiger partial charge in [-0.1, -0.05) is 0 Å². The van der Waals surface area contributed by atoms with Crippen molar-refractivity contribution in [1.82, 2.24) is 20.2 Å². The highest BCUT2D eigenvalue weighted by molar-refractivity contribution is 5.92. The number of piperazine rings is 1. The molecule has 27 heavy (non-hydrogen) atoms. The summed E-state index contributed by atoms with van der Waals surface area (Å²) in [6.07, 6.45) is 3.47. The van der Waals surface area contributed by atoms with Gasteiger partial charge in [-0.15, -0.1) is 0 Å². The van der Waals surface area contributed by atoms with Crippen LogP contribution in [0.5, 0.6) is 0 Å². The third kappa shape index (κ3) is 5.01. The molecule has 0 radical (unpaired) electrons. The van der Waals surface area contributed by atoms with Crippen LogP contribution in [0, 0.1) is 0 Å². The van der Waals surface area contributed by atoms with Crippen LogP contribution in [0.15, 0.2) is 36.7 Å². The summed E-state index contributed by atoms with van der Waals surface area (Å²) in [4.78, 5) is 35.8. The van der Waals surface area contributed by atoms with Gasteiger partial charge < -0.3 is 15.5 Å². The summed E-state index contributed by atoms with van der Waals surface area (Å²) in [6.45, 7) is 5.93. The Balaban J connectivity index is 1.54. The molecule has 1 saturated heterocycles. The van der Waals surface area contributed by atoms with E-state index in [1.165, 1.54) is 6.92 Å². The van der Waals surface area contributed by atoms with Gasteiger partial charge in [0.25, 0.3) is 5.91 Å². The lowest BCUT2D eigenvalue weighted by Gasteiger charge is -2.36. The second kappa shape index (κ2) is 8.59. The van der Waals surface area contributed by atoms with Crippen molar-refractivity contribution in [3.05, 3.63) is 47.9 Å². The number of nitrogens with one attached hydrogen (secondary N) is 2. The van der Waals surface area contributed by atoms with Gasteiger partial charge in [-0.2, -0.15) is 0 Å². The zero-order valence-corrected chi connectivity index (χ0v) is 15.6. The Morgan fingerprint density at radius 3 is 2.52 bits per heavy atom. The monoisotopic (exact) mass is 368 g/mol. The number of amides is 2. The quantitative estimate of drug-likeness (QED) is 0.822. The van der Waals surface area contributed by atoms with Gasteiger partial charge in [-0.25, -0.2) is 9.97 Å². The van der Waals surface area contributed by atoms with E-state index < -0.39 is 0 Å². The average molecular weight is 368 g/mol. The van der Waals surface area contributed by atoms with Crippen molar-refractivity contribution < 1.29 is 9.59 Å². The number of pyridine rings is 2. The number of carbonyl (C=O) groups is 2. The predicted molar refractivity (Wildman–Crippen MR) is 104 cm³/mol. The lowest BCUT2D eigenvalue weighted by atomic mass is 10.2. The molecule has 2 N–H and O–H groups in total. The molecule has 1 aliphatic heterocycles. The van der Waals surface area contributed by atoms with Crippen molar-refractivity contribution in [3.63, 3.8) is 0 Å². The van der Waals surface area contributed by atoms with E-state index in [0.29, 0.717) is 11.5 Å². The van der Waals surface area contributed by atoms with Crippen LogP contribution in [0.1, 0.15) is 23.0 Å². The van der Waals surface area contributed by atoms with E-state index >= 15 is 0 Å². The fourth-order valence-electron chi connectivity index (χ4n) is 3.08. The molecule has 8 heteroatoms. The minimum atomic E-state index is -0.178. The Labute approximate surface area is 158 Å². The van der Waals surface area contributed by atoms with Gasteiger partial charge in [0, 0.05) is 52.9 Å². The Hall–Kier alpha value is -3.00. The SMILES string of the molecule is CNC(=O)c1ccc(N2CCN(Cc3ccnc(NC(C)=O)c3)CC2)cn1. The second-order valence-electron chi connectivity index (χ2n) is 6.47. The number of carbonyl (C=O) groups excluding carboxylic acids is 2. The summed E-state index contributed by atoms with van der Waals surface area (Å²) in [5, 5.41) is 5.29. The molecule has 0 aliphatic carbocycles. The zero-order chi connectivity index (χ0) is 19.2. The van der Waals surface area contributed by atoms with Crippen LogP contribution in [0.3, 0.4) is 0 Å². The van der Waals surface area contributed by atoms with E-state index in [9.17, 15) is 9.59 Å². The summed E-state index contributed by atoms with van der Waals surface area (Å²) < 4.78 is 0. The molecule has 0 atom stereocenters. The van der Waals surface area contributed by atoms with Gasteiger partial charge in [0.1, 0.15) is 11.5 Å². The first-order valence-electron chi connectivity index (χ1n) is 8.93. The molecule has 8 nitrogen and oxygen atoms in total. The van der Waals surface area contributed by atoms with Crippen LogP contribution in [-0.4, -0.2) is 59.9 Å². The second-order valence-corrected chi connectivity index (χ2v) is 6.47. The zero-order valence-electron chi connectivity index (χ0n) is 15.6. The fraction of sp³-hybridized carbons (Fsp3) is 0.368.